The molecular formula is C17H18N2O5S2. The number of sulfonamides is 1. The maximum atomic E-state index is 13.0. The van der Waals surface area contributed by atoms with E-state index < -0.39 is 21.0 Å². The summed E-state index contributed by atoms with van der Waals surface area (Å²) >= 11 is 0.974. The lowest BCUT2D eigenvalue weighted by molar-refractivity contribution is -0.384. The van der Waals surface area contributed by atoms with Crippen LogP contribution in [-0.4, -0.2) is 30.2 Å². The molecule has 138 valence electrons. The van der Waals surface area contributed by atoms with Crippen molar-refractivity contribution >= 4 is 27.7 Å². The minimum absolute atomic E-state index is 0.0596. The molecule has 0 bridgehead atoms. The lowest BCUT2D eigenvalue weighted by Crippen LogP contribution is -2.31. The van der Waals surface area contributed by atoms with Gasteiger partial charge in [-0.25, -0.2) is 8.42 Å². The lowest BCUT2D eigenvalue weighted by atomic mass is 10.3. The van der Waals surface area contributed by atoms with Crippen molar-refractivity contribution < 1.29 is 18.1 Å². The number of methoxy groups -OCH3 is 1. The van der Waals surface area contributed by atoms with Gasteiger partial charge in [0.05, 0.1) is 23.0 Å². The highest BCUT2D eigenvalue weighted by Gasteiger charge is 2.29. The minimum atomic E-state index is -3.83. The van der Waals surface area contributed by atoms with Gasteiger partial charge in [-0.3, -0.25) is 10.1 Å². The van der Waals surface area contributed by atoms with Crippen molar-refractivity contribution in [2.45, 2.75) is 22.8 Å². The standard InChI is InChI=1S/C17H18N2O5S2/c1-4-13(2)19(25-16-9-5-14(6-10-16)18(20)21)26(22,23)17-11-7-15(24-3)8-12-17/h4-13H,1H2,2-3H3. The van der Waals surface area contributed by atoms with Crippen LogP contribution in [0.3, 0.4) is 0 Å². The molecule has 0 heterocycles. The Kier molecular flexibility index (Phi) is 6.41. The van der Waals surface area contributed by atoms with Crippen molar-refractivity contribution in [3.63, 3.8) is 0 Å². The molecular weight excluding hydrogens is 376 g/mol. The second-order valence-corrected chi connectivity index (χ2v) is 8.35. The smallest absolute Gasteiger partial charge is 0.269 e. The first-order valence-corrected chi connectivity index (χ1v) is 9.74. The molecule has 1 unspecified atom stereocenters. The molecule has 0 aliphatic carbocycles. The van der Waals surface area contributed by atoms with Gasteiger partial charge in [-0.15, -0.1) is 10.3 Å². The third-order valence-corrected chi connectivity index (χ3v) is 6.99. The van der Waals surface area contributed by atoms with Gasteiger partial charge in [0, 0.05) is 17.0 Å². The van der Waals surface area contributed by atoms with Crippen LogP contribution in [0.1, 0.15) is 6.92 Å². The van der Waals surface area contributed by atoms with Gasteiger partial charge < -0.3 is 4.74 Å². The number of rotatable bonds is 8. The molecule has 0 saturated heterocycles. The monoisotopic (exact) mass is 394 g/mol. The highest BCUT2D eigenvalue weighted by Crippen LogP contribution is 2.33. The van der Waals surface area contributed by atoms with Gasteiger partial charge in [0.25, 0.3) is 15.7 Å². The van der Waals surface area contributed by atoms with Gasteiger partial charge in [0.15, 0.2) is 0 Å². The SMILES string of the molecule is C=CC(C)N(Sc1ccc([N+](=O)[O-])cc1)S(=O)(=O)c1ccc(OC)cc1. The quantitative estimate of drug-likeness (QED) is 0.292. The average molecular weight is 394 g/mol. The number of nitro benzene ring substituents is 1. The van der Waals surface area contributed by atoms with Crippen LogP contribution in [0.15, 0.2) is 71.0 Å². The Hall–Kier alpha value is -2.36. The molecule has 0 N–H and O–H groups in total. The number of ether oxygens (including phenoxy) is 1. The van der Waals surface area contributed by atoms with Gasteiger partial charge in [0.2, 0.25) is 0 Å². The predicted octanol–water partition coefficient (Wildman–Crippen LogP) is 3.88. The van der Waals surface area contributed by atoms with Gasteiger partial charge in [0.1, 0.15) is 5.75 Å². The molecule has 0 aliphatic heterocycles. The van der Waals surface area contributed by atoms with Crippen LogP contribution in [0, 0.1) is 10.1 Å². The van der Waals surface area contributed by atoms with Crippen LogP contribution < -0.4 is 4.74 Å². The summed E-state index contributed by atoms with van der Waals surface area (Å²) in [6.07, 6.45) is 1.51. The summed E-state index contributed by atoms with van der Waals surface area (Å²) in [5.74, 6) is 0.551. The van der Waals surface area contributed by atoms with Crippen LogP contribution in [0.4, 0.5) is 5.69 Å². The van der Waals surface area contributed by atoms with Crippen molar-refractivity contribution in [1.29, 1.82) is 0 Å². The fourth-order valence-electron chi connectivity index (χ4n) is 2.02. The highest BCUT2D eigenvalue weighted by atomic mass is 32.3. The maximum Gasteiger partial charge on any atom is 0.269 e. The van der Waals surface area contributed by atoms with E-state index in [1.54, 1.807) is 19.1 Å². The van der Waals surface area contributed by atoms with E-state index in [1.165, 1.54) is 53.3 Å². The zero-order chi connectivity index (χ0) is 19.3. The summed E-state index contributed by atoms with van der Waals surface area (Å²) in [7, 11) is -2.33. The normalized spacial score (nSPS) is 12.6. The van der Waals surface area contributed by atoms with E-state index in [0.29, 0.717) is 10.6 Å². The zero-order valence-electron chi connectivity index (χ0n) is 14.2. The van der Waals surface area contributed by atoms with Crippen molar-refractivity contribution in [2.75, 3.05) is 7.11 Å². The first-order chi connectivity index (χ1) is 12.3. The Balaban J connectivity index is 2.36. The summed E-state index contributed by atoms with van der Waals surface area (Å²) in [6, 6.07) is 11.3. The van der Waals surface area contributed by atoms with E-state index in [4.69, 9.17) is 4.74 Å². The highest BCUT2D eigenvalue weighted by molar-refractivity contribution is 8.08. The third kappa shape index (κ3) is 4.43. The third-order valence-electron chi connectivity index (χ3n) is 3.51. The molecule has 0 amide bonds. The molecule has 7 nitrogen and oxygen atoms in total. The van der Waals surface area contributed by atoms with E-state index in [-0.39, 0.29) is 10.6 Å². The Bertz CT molecular complexity index is 880. The topological polar surface area (TPSA) is 89.8 Å². The summed E-state index contributed by atoms with van der Waals surface area (Å²) < 4.78 is 32.3. The van der Waals surface area contributed by atoms with Crippen molar-refractivity contribution in [2.24, 2.45) is 0 Å². The first kappa shape index (κ1) is 20.0. The van der Waals surface area contributed by atoms with Gasteiger partial charge >= 0.3 is 0 Å². The van der Waals surface area contributed by atoms with Crippen LogP contribution in [-0.2, 0) is 10.0 Å². The van der Waals surface area contributed by atoms with Gasteiger partial charge in [-0.2, -0.15) is 0 Å². The molecule has 2 rings (SSSR count). The molecule has 0 aromatic heterocycles. The number of non-ortho nitro benzene ring substituents is 1. The first-order valence-electron chi connectivity index (χ1n) is 7.53. The summed E-state index contributed by atoms with van der Waals surface area (Å²) in [6.45, 7) is 5.37. The lowest BCUT2D eigenvalue weighted by Gasteiger charge is -2.25. The molecule has 26 heavy (non-hydrogen) atoms. The van der Waals surface area contributed by atoms with Crippen LogP contribution in [0.5, 0.6) is 5.75 Å². The molecule has 0 saturated carbocycles. The molecule has 2 aromatic rings. The van der Waals surface area contributed by atoms with Crippen molar-refractivity contribution in [1.82, 2.24) is 3.71 Å². The second-order valence-electron chi connectivity index (χ2n) is 5.25. The Morgan fingerprint density at radius 3 is 2.23 bits per heavy atom. The Morgan fingerprint density at radius 2 is 1.77 bits per heavy atom. The van der Waals surface area contributed by atoms with E-state index in [2.05, 4.69) is 6.58 Å². The van der Waals surface area contributed by atoms with E-state index >= 15 is 0 Å². The number of nitrogens with zero attached hydrogens (tertiary/aromatic N) is 2. The maximum absolute atomic E-state index is 13.0. The van der Waals surface area contributed by atoms with E-state index in [9.17, 15) is 18.5 Å². The molecule has 0 aliphatic rings. The van der Waals surface area contributed by atoms with Crippen molar-refractivity contribution in [3.8, 4) is 5.75 Å². The van der Waals surface area contributed by atoms with Gasteiger partial charge in [-0.05, 0) is 55.3 Å². The molecule has 0 radical (unpaired) electrons. The molecule has 9 heteroatoms. The zero-order valence-corrected chi connectivity index (χ0v) is 15.9. The predicted molar refractivity (Wildman–Crippen MR) is 101 cm³/mol. The molecule has 2 aromatic carbocycles. The summed E-state index contributed by atoms with van der Waals surface area (Å²) in [4.78, 5) is 10.9. The number of nitro groups is 1. The average Bonchev–Trinajstić information content (AvgIpc) is 2.65. The van der Waals surface area contributed by atoms with E-state index in [1.807, 2.05) is 0 Å². The Labute approximate surface area is 156 Å². The van der Waals surface area contributed by atoms with Gasteiger partial charge in [-0.1, -0.05) is 6.08 Å². The fraction of sp³-hybridized carbons (Fsp3) is 0.176. The number of hydrogen-bond donors (Lipinski definition) is 0. The van der Waals surface area contributed by atoms with Crippen LogP contribution in [0.2, 0.25) is 0 Å². The van der Waals surface area contributed by atoms with Crippen LogP contribution >= 0.6 is 11.9 Å². The van der Waals surface area contributed by atoms with Crippen molar-refractivity contribution in [3.05, 3.63) is 71.3 Å². The summed E-state index contributed by atoms with van der Waals surface area (Å²) in [5.41, 5.74) is -0.0596. The van der Waals surface area contributed by atoms with E-state index in [0.717, 1.165) is 11.9 Å². The number of hydrogen-bond acceptors (Lipinski definition) is 6. The minimum Gasteiger partial charge on any atom is -0.497 e. The Morgan fingerprint density at radius 1 is 1.19 bits per heavy atom. The van der Waals surface area contributed by atoms with Crippen LogP contribution in [0.25, 0.3) is 0 Å². The fourth-order valence-corrected chi connectivity index (χ4v) is 4.86. The molecule has 1 atom stereocenters. The molecule has 0 spiro atoms. The number of benzene rings is 2. The largest absolute Gasteiger partial charge is 0.497 e. The molecule has 0 fully saturated rings. The summed E-state index contributed by atoms with van der Waals surface area (Å²) in [5, 5.41) is 10.8. The second kappa shape index (κ2) is 8.35.